The maximum atomic E-state index is 17.0. The maximum Gasteiger partial charge on any atom is 0.319 e. The molecule has 0 bridgehead atoms. The Morgan fingerprint density at radius 2 is 2.13 bits per heavy atom. The summed E-state index contributed by atoms with van der Waals surface area (Å²) in [7, 11) is 1.62. The number of methoxy groups -OCH3 is 1. The molecule has 0 unspecified atom stereocenters. The number of nitrogen functional groups attached to an aromatic ring is 1. The highest BCUT2D eigenvalue weighted by Gasteiger charge is 2.48. The fourth-order valence-corrected chi connectivity index (χ4v) is 9.31. The van der Waals surface area contributed by atoms with Gasteiger partial charge in [-0.2, -0.15) is 15.2 Å². The van der Waals surface area contributed by atoms with Crippen LogP contribution < -0.4 is 20.1 Å². The van der Waals surface area contributed by atoms with E-state index in [0.29, 0.717) is 37.2 Å². The normalized spacial score (nSPS) is 25.2. The predicted octanol–water partition coefficient (Wildman–Crippen LogP) is 6.23. The standard InChI is InChI=1S/C32H30ClF3N6O3S/c1-43-13-16-9-17-14-45-27-23-26(25(36)22(24(27)33)18-3-4-20(35)28-21(18)19(11-37)29(38)46-28)39-31(40-30(23)42(16)17)44-8-6-32-5-2-7-41(32)12-15(34)10-32/h3-4,15-17H,2,5-10,12-14,38H2,1H3/t15-,16-,17+,32-/m1/s1. The monoisotopic (exact) mass is 670 g/mol. The summed E-state index contributed by atoms with van der Waals surface area (Å²) in [6.45, 7) is 2.21. The molecule has 4 aromatic rings. The van der Waals surface area contributed by atoms with Gasteiger partial charge in [0.15, 0.2) is 11.6 Å². The van der Waals surface area contributed by atoms with Crippen molar-refractivity contribution >= 4 is 54.7 Å². The summed E-state index contributed by atoms with van der Waals surface area (Å²) in [5.41, 5.74) is 5.89. The van der Waals surface area contributed by atoms with Gasteiger partial charge in [0.05, 0.1) is 46.0 Å². The van der Waals surface area contributed by atoms with E-state index in [1.807, 2.05) is 11.0 Å². The summed E-state index contributed by atoms with van der Waals surface area (Å²) in [5, 5.41) is 10.4. The SMILES string of the molecule is COC[C@H]1C[C@H]2COc3c(Cl)c(-c4ccc(F)c5sc(N)c(C#N)c45)c(F)c4nc(OCC[C@@]56CCCN5C[C@H](F)C6)nc(c34)N21. The van der Waals surface area contributed by atoms with Crippen LogP contribution in [0.2, 0.25) is 5.02 Å². The zero-order valence-corrected chi connectivity index (χ0v) is 26.5. The molecule has 3 fully saturated rings. The van der Waals surface area contributed by atoms with E-state index in [2.05, 4.69) is 9.88 Å². The van der Waals surface area contributed by atoms with E-state index in [0.717, 1.165) is 37.1 Å². The molecule has 14 heteroatoms. The molecule has 0 saturated carbocycles. The Balaban J connectivity index is 1.29. The molecule has 240 valence electrons. The molecule has 2 N–H and O–H groups in total. The van der Waals surface area contributed by atoms with Crippen LogP contribution in [0.5, 0.6) is 11.8 Å². The van der Waals surface area contributed by atoms with Crippen LogP contribution in [0, 0.1) is 23.0 Å². The lowest BCUT2D eigenvalue weighted by Crippen LogP contribution is -2.60. The van der Waals surface area contributed by atoms with Gasteiger partial charge in [0.2, 0.25) is 0 Å². The van der Waals surface area contributed by atoms with E-state index in [-0.39, 0.29) is 84.9 Å². The minimum Gasteiger partial charge on any atom is -0.489 e. The third kappa shape index (κ3) is 4.33. The number of aromatic nitrogens is 2. The Bertz CT molecular complexity index is 1950. The third-order valence-electron chi connectivity index (χ3n) is 10.1. The zero-order valence-electron chi connectivity index (χ0n) is 24.9. The Kier molecular flexibility index (Phi) is 7.13. The van der Waals surface area contributed by atoms with Crippen molar-refractivity contribution in [3.63, 3.8) is 0 Å². The maximum absolute atomic E-state index is 17.0. The summed E-state index contributed by atoms with van der Waals surface area (Å²) in [6.07, 6.45) is 2.87. The van der Waals surface area contributed by atoms with Crippen molar-refractivity contribution in [1.82, 2.24) is 14.9 Å². The van der Waals surface area contributed by atoms with Crippen LogP contribution in [0.15, 0.2) is 12.1 Å². The number of benzene rings is 2. The van der Waals surface area contributed by atoms with Crippen molar-refractivity contribution < 1.29 is 27.4 Å². The average molecular weight is 671 g/mol. The smallest absolute Gasteiger partial charge is 0.319 e. The average Bonchev–Trinajstić information content (AvgIpc) is 3.63. The highest BCUT2D eigenvalue weighted by Crippen LogP contribution is 2.52. The molecule has 2 aromatic carbocycles. The highest BCUT2D eigenvalue weighted by atomic mass is 35.5. The van der Waals surface area contributed by atoms with Crippen LogP contribution in [-0.4, -0.2) is 78.7 Å². The molecule has 4 aliphatic rings. The van der Waals surface area contributed by atoms with Crippen LogP contribution in [0.1, 0.15) is 37.7 Å². The Morgan fingerprint density at radius 1 is 1.28 bits per heavy atom. The first kappa shape index (κ1) is 29.8. The molecule has 3 saturated heterocycles. The number of hydrogen-bond acceptors (Lipinski definition) is 10. The van der Waals surface area contributed by atoms with Gasteiger partial charge in [0, 0.05) is 36.6 Å². The van der Waals surface area contributed by atoms with Gasteiger partial charge < -0.3 is 24.8 Å². The largest absolute Gasteiger partial charge is 0.489 e. The molecule has 9 nitrogen and oxygen atoms in total. The van der Waals surface area contributed by atoms with E-state index in [4.69, 9.17) is 36.5 Å². The second kappa shape index (κ2) is 11.0. The first-order valence-corrected chi connectivity index (χ1v) is 16.5. The number of thiophene rings is 1. The molecular formula is C32H30ClF3N6O3S. The topological polar surface area (TPSA) is 110 Å². The minimum atomic E-state index is -0.861. The van der Waals surface area contributed by atoms with Crippen molar-refractivity contribution in [1.29, 1.82) is 5.26 Å². The van der Waals surface area contributed by atoms with Crippen molar-refractivity contribution in [3.8, 4) is 29.0 Å². The lowest BCUT2D eigenvalue weighted by molar-refractivity contribution is 0.123. The van der Waals surface area contributed by atoms with Crippen LogP contribution in [0.4, 0.5) is 24.0 Å². The van der Waals surface area contributed by atoms with Gasteiger partial charge in [0.25, 0.3) is 0 Å². The summed E-state index contributed by atoms with van der Waals surface area (Å²) in [6, 6.07) is 4.48. The molecule has 0 radical (unpaired) electrons. The Hall–Kier alpha value is -3.57. The number of hydrogen-bond donors (Lipinski definition) is 1. The number of halogens is 4. The van der Waals surface area contributed by atoms with Crippen LogP contribution in [0.25, 0.3) is 32.1 Å². The zero-order chi connectivity index (χ0) is 31.9. The van der Waals surface area contributed by atoms with Crippen molar-refractivity contribution in [3.05, 3.63) is 34.4 Å². The van der Waals surface area contributed by atoms with E-state index in [9.17, 15) is 14.0 Å². The number of nitrogens with two attached hydrogens (primary N) is 1. The summed E-state index contributed by atoms with van der Waals surface area (Å²) >= 11 is 7.90. The minimum absolute atomic E-state index is 0.0261. The van der Waals surface area contributed by atoms with Gasteiger partial charge in [-0.3, -0.25) is 4.90 Å². The lowest BCUT2D eigenvalue weighted by Gasteiger charge is -2.48. The van der Waals surface area contributed by atoms with Gasteiger partial charge >= 0.3 is 6.01 Å². The number of ether oxygens (including phenoxy) is 3. The second-order valence-corrected chi connectivity index (χ2v) is 14.0. The molecule has 0 spiro atoms. The van der Waals surface area contributed by atoms with E-state index >= 15 is 4.39 Å². The summed E-state index contributed by atoms with van der Waals surface area (Å²) in [4.78, 5) is 13.6. The predicted molar refractivity (Wildman–Crippen MR) is 170 cm³/mol. The molecule has 8 rings (SSSR count). The van der Waals surface area contributed by atoms with Crippen molar-refractivity contribution in [2.45, 2.75) is 55.9 Å². The number of alkyl halides is 1. The first-order chi connectivity index (χ1) is 22.2. The number of nitriles is 1. The molecule has 0 aliphatic carbocycles. The molecule has 6 heterocycles. The van der Waals surface area contributed by atoms with Gasteiger partial charge in [-0.1, -0.05) is 17.7 Å². The molecule has 4 atom stereocenters. The molecular weight excluding hydrogens is 641 g/mol. The van der Waals surface area contributed by atoms with E-state index in [1.165, 1.54) is 12.1 Å². The van der Waals surface area contributed by atoms with Gasteiger partial charge in [0.1, 0.15) is 41.0 Å². The van der Waals surface area contributed by atoms with Crippen LogP contribution >= 0.6 is 22.9 Å². The number of anilines is 2. The fourth-order valence-electron chi connectivity index (χ4n) is 8.03. The fraction of sp³-hybridized carbons (Fsp3) is 0.469. The molecule has 4 aliphatic heterocycles. The highest BCUT2D eigenvalue weighted by molar-refractivity contribution is 7.23. The van der Waals surface area contributed by atoms with Gasteiger partial charge in [-0.05, 0) is 43.9 Å². The second-order valence-electron chi connectivity index (χ2n) is 12.5. The van der Waals surface area contributed by atoms with Crippen LogP contribution in [0.3, 0.4) is 0 Å². The Morgan fingerprint density at radius 3 is 2.93 bits per heavy atom. The molecule has 2 aromatic heterocycles. The lowest BCUT2D eigenvalue weighted by atomic mass is 9.90. The van der Waals surface area contributed by atoms with Crippen molar-refractivity contribution in [2.24, 2.45) is 0 Å². The number of rotatable bonds is 7. The van der Waals surface area contributed by atoms with Gasteiger partial charge in [-0.25, -0.2) is 13.2 Å². The molecule has 0 amide bonds. The first-order valence-electron chi connectivity index (χ1n) is 15.3. The Labute approximate surface area is 271 Å². The summed E-state index contributed by atoms with van der Waals surface area (Å²) in [5.74, 6) is -0.759. The number of fused-ring (bicyclic) bond motifs is 4. The quantitative estimate of drug-likeness (QED) is 0.245. The van der Waals surface area contributed by atoms with Crippen LogP contribution in [-0.2, 0) is 4.74 Å². The van der Waals surface area contributed by atoms with Gasteiger partial charge in [-0.15, -0.1) is 11.3 Å². The van der Waals surface area contributed by atoms with E-state index < -0.39 is 17.8 Å². The van der Waals surface area contributed by atoms with E-state index in [1.54, 1.807) is 7.11 Å². The van der Waals surface area contributed by atoms with Crippen molar-refractivity contribution in [2.75, 3.05) is 50.7 Å². The third-order valence-corrected chi connectivity index (χ3v) is 11.4. The summed E-state index contributed by atoms with van der Waals surface area (Å²) < 4.78 is 64.3. The number of nitrogens with zero attached hydrogens (tertiary/aromatic N) is 5. The molecule has 46 heavy (non-hydrogen) atoms.